The van der Waals surface area contributed by atoms with Crippen LogP contribution in [0.25, 0.3) is 21.8 Å². The van der Waals surface area contributed by atoms with E-state index in [1.54, 1.807) is 21.9 Å². The number of fused-ring (bicyclic) bond motifs is 6. The van der Waals surface area contributed by atoms with E-state index in [0.717, 1.165) is 33.0 Å². The summed E-state index contributed by atoms with van der Waals surface area (Å²) >= 11 is 12.6. The maximum absolute atomic E-state index is 13.3. The Hall–Kier alpha value is -3.40. The van der Waals surface area contributed by atoms with Crippen molar-refractivity contribution in [3.8, 4) is 11.5 Å². The monoisotopic (exact) mass is 569 g/mol. The van der Waals surface area contributed by atoms with Crippen LogP contribution >= 0.6 is 23.2 Å². The van der Waals surface area contributed by atoms with Gasteiger partial charge in [0.05, 0.1) is 35.5 Å². The molecule has 9 nitrogen and oxygen atoms in total. The van der Waals surface area contributed by atoms with Crippen LogP contribution in [0.1, 0.15) is 34.1 Å². The van der Waals surface area contributed by atoms with E-state index in [0.29, 0.717) is 47.3 Å². The summed E-state index contributed by atoms with van der Waals surface area (Å²) in [5, 5.41) is 26.0. The maximum Gasteiger partial charge on any atom is 0.240 e. The van der Waals surface area contributed by atoms with Crippen molar-refractivity contribution in [2.75, 3.05) is 47.7 Å². The Morgan fingerprint density at radius 1 is 0.846 bits per heavy atom. The molecule has 2 aromatic carbocycles. The third-order valence-corrected chi connectivity index (χ3v) is 8.78. The number of anilines is 2. The first-order chi connectivity index (χ1) is 18.7. The van der Waals surface area contributed by atoms with Crippen LogP contribution in [0.5, 0.6) is 11.5 Å². The number of alkyl halides is 2. The van der Waals surface area contributed by atoms with Crippen LogP contribution in [0.3, 0.4) is 0 Å². The summed E-state index contributed by atoms with van der Waals surface area (Å²) in [5.41, 5.74) is 6.42. The lowest BCUT2D eigenvalue weighted by Crippen LogP contribution is -2.43. The van der Waals surface area contributed by atoms with E-state index in [4.69, 9.17) is 23.2 Å². The van der Waals surface area contributed by atoms with Crippen LogP contribution in [0, 0.1) is 13.8 Å². The summed E-state index contributed by atoms with van der Waals surface area (Å²) in [6, 6.07) is 3.21. The number of halogens is 2. The van der Waals surface area contributed by atoms with E-state index >= 15 is 0 Å². The Bertz CT molecular complexity index is 1520. The number of aromatic nitrogens is 2. The van der Waals surface area contributed by atoms with Crippen LogP contribution in [0.15, 0.2) is 24.5 Å². The van der Waals surface area contributed by atoms with Gasteiger partial charge >= 0.3 is 0 Å². The normalized spacial score (nSPS) is 18.4. The first kappa shape index (κ1) is 25.9. The lowest BCUT2D eigenvalue weighted by atomic mass is 9.97. The number of nitrogens with one attached hydrogen (secondary N) is 3. The van der Waals surface area contributed by atoms with Crippen molar-refractivity contribution in [2.45, 2.75) is 25.7 Å². The minimum Gasteiger partial charge on any atom is -0.506 e. The molecule has 4 aromatic rings. The van der Waals surface area contributed by atoms with Crippen molar-refractivity contribution in [1.29, 1.82) is 0 Å². The van der Waals surface area contributed by atoms with Crippen molar-refractivity contribution >= 4 is 68.2 Å². The van der Waals surface area contributed by atoms with Gasteiger partial charge in [0.15, 0.2) is 0 Å². The van der Waals surface area contributed by atoms with Gasteiger partial charge in [0.2, 0.25) is 11.8 Å². The smallest absolute Gasteiger partial charge is 0.240 e. The summed E-state index contributed by atoms with van der Waals surface area (Å²) in [7, 11) is 0. The van der Waals surface area contributed by atoms with Crippen molar-refractivity contribution in [2.24, 2.45) is 0 Å². The number of hydrogen-bond donors (Lipinski definition) is 5. The molecule has 0 bridgehead atoms. The summed E-state index contributed by atoms with van der Waals surface area (Å²) in [4.78, 5) is 36.0. The Balaban J connectivity index is 1.19. The Kier molecular flexibility index (Phi) is 6.40. The minimum atomic E-state index is -0.216. The summed E-state index contributed by atoms with van der Waals surface area (Å²) in [6.45, 7) is 4.58. The number of nitrogens with zero attached hydrogens (tertiary/aromatic N) is 2. The van der Waals surface area contributed by atoms with Crippen LogP contribution < -0.4 is 15.1 Å². The predicted molar refractivity (Wildman–Crippen MR) is 154 cm³/mol. The largest absolute Gasteiger partial charge is 0.506 e. The van der Waals surface area contributed by atoms with Crippen LogP contribution in [0.2, 0.25) is 0 Å². The maximum atomic E-state index is 13.3. The molecular weight excluding hydrogens is 541 g/mol. The van der Waals surface area contributed by atoms with E-state index in [2.05, 4.69) is 15.3 Å². The van der Waals surface area contributed by atoms with Crippen LogP contribution in [0.4, 0.5) is 11.4 Å². The van der Waals surface area contributed by atoms with Gasteiger partial charge in [0, 0.05) is 72.0 Å². The lowest BCUT2D eigenvalue weighted by Gasteiger charge is -2.20. The number of aromatic hydroxyl groups is 2. The predicted octanol–water partition coefficient (Wildman–Crippen LogP) is 4.31. The molecule has 0 spiro atoms. The van der Waals surface area contributed by atoms with Crippen molar-refractivity contribution in [3.63, 3.8) is 0 Å². The van der Waals surface area contributed by atoms with Gasteiger partial charge < -0.3 is 30.0 Å². The topological polar surface area (TPSA) is 125 Å². The summed E-state index contributed by atoms with van der Waals surface area (Å²) in [6.07, 6.45) is 3.67. The number of H-pyrrole nitrogens is 2. The van der Waals surface area contributed by atoms with Gasteiger partial charge in [0.1, 0.15) is 11.5 Å². The van der Waals surface area contributed by atoms with E-state index in [1.165, 1.54) is 0 Å². The minimum absolute atomic E-state index is 0.0636. The lowest BCUT2D eigenvalue weighted by molar-refractivity contribution is -0.118. The van der Waals surface area contributed by atoms with E-state index < -0.39 is 0 Å². The Morgan fingerprint density at radius 3 is 1.64 bits per heavy atom. The number of amides is 2. The average Bonchev–Trinajstić information content (AvgIpc) is 3.67. The van der Waals surface area contributed by atoms with Gasteiger partial charge in [-0.2, -0.15) is 0 Å². The first-order valence-electron chi connectivity index (χ1n) is 12.9. The SMILES string of the molecule is Cc1c[nH]c2c(O)cc3c(c12)C(CCl)CN3C(=O)CNCC(=O)N1C[C@@H](CCl)c2c1cc(O)c1[nH]cc(C)c21. The second-order valence-corrected chi connectivity index (χ2v) is 11.0. The van der Waals surface area contributed by atoms with Crippen molar-refractivity contribution < 1.29 is 19.8 Å². The molecule has 204 valence electrons. The molecule has 0 fully saturated rings. The van der Waals surface area contributed by atoms with E-state index in [1.807, 2.05) is 26.2 Å². The van der Waals surface area contributed by atoms with Gasteiger partial charge in [-0.3, -0.25) is 14.9 Å². The number of hydrogen-bond acceptors (Lipinski definition) is 5. The fraction of sp³-hybridized carbons (Fsp3) is 0.357. The zero-order valence-electron chi connectivity index (χ0n) is 21.6. The quantitative estimate of drug-likeness (QED) is 0.221. The molecule has 4 heterocycles. The molecule has 5 N–H and O–H groups in total. The molecule has 39 heavy (non-hydrogen) atoms. The van der Waals surface area contributed by atoms with Crippen molar-refractivity contribution in [1.82, 2.24) is 15.3 Å². The number of carbonyl (C=O) groups excluding carboxylic acids is 2. The van der Waals surface area contributed by atoms with Gasteiger partial charge in [-0.25, -0.2) is 0 Å². The Morgan fingerprint density at radius 2 is 1.26 bits per heavy atom. The van der Waals surface area contributed by atoms with Gasteiger partial charge in [-0.1, -0.05) is 0 Å². The highest BCUT2D eigenvalue weighted by molar-refractivity contribution is 6.19. The molecule has 6 rings (SSSR count). The number of phenols is 2. The molecule has 2 atom stereocenters. The number of carbonyl (C=O) groups is 2. The zero-order valence-corrected chi connectivity index (χ0v) is 23.1. The third kappa shape index (κ3) is 3.94. The van der Waals surface area contributed by atoms with Gasteiger partial charge in [-0.15, -0.1) is 23.2 Å². The number of aromatic amines is 2. The average molecular weight is 570 g/mol. The summed E-state index contributed by atoms with van der Waals surface area (Å²) < 4.78 is 0. The van der Waals surface area contributed by atoms with Crippen LogP contribution in [-0.2, 0) is 9.59 Å². The third-order valence-electron chi connectivity index (χ3n) is 8.04. The highest BCUT2D eigenvalue weighted by Crippen LogP contribution is 2.47. The molecule has 2 amide bonds. The molecule has 2 aliphatic rings. The number of aryl methyl sites for hydroxylation is 2. The number of phenolic OH excluding ortho intramolecular Hbond substituents is 2. The fourth-order valence-electron chi connectivity index (χ4n) is 6.24. The standard InChI is InChI=1S/C28H29Cl2N5O4/c1-13-7-32-27-19(36)3-17-25(23(13)27)15(5-29)11-34(17)21(38)9-31-10-22(39)35-12-16(6-30)26-18(35)4-20(37)28-24(26)14(2)8-33-28/h3-4,7-8,15-16,31-33,36-37H,5-6,9-12H2,1-2H3/t15-,16?/m1/s1. The molecule has 0 saturated heterocycles. The van der Waals surface area contributed by atoms with Crippen LogP contribution in [-0.4, -0.2) is 69.9 Å². The second kappa shape index (κ2) is 9.66. The highest BCUT2D eigenvalue weighted by atomic mass is 35.5. The molecule has 0 saturated carbocycles. The molecule has 2 aromatic heterocycles. The molecule has 0 aliphatic carbocycles. The van der Waals surface area contributed by atoms with E-state index in [9.17, 15) is 19.8 Å². The molecule has 1 unspecified atom stereocenters. The van der Waals surface area contributed by atoms with Gasteiger partial charge in [-0.05, 0) is 36.1 Å². The number of rotatable bonds is 6. The highest BCUT2D eigenvalue weighted by Gasteiger charge is 2.37. The molecule has 11 heteroatoms. The summed E-state index contributed by atoms with van der Waals surface area (Å²) in [5.74, 6) is 0.250. The fourth-order valence-corrected chi connectivity index (χ4v) is 6.75. The van der Waals surface area contributed by atoms with Crippen molar-refractivity contribution in [3.05, 3.63) is 46.8 Å². The van der Waals surface area contributed by atoms with Gasteiger partial charge in [0.25, 0.3) is 0 Å². The van der Waals surface area contributed by atoms with E-state index in [-0.39, 0.29) is 48.2 Å². The number of benzene rings is 2. The molecule has 0 radical (unpaired) electrons. The first-order valence-corrected chi connectivity index (χ1v) is 13.9. The second-order valence-electron chi connectivity index (χ2n) is 10.4. The molecule has 2 aliphatic heterocycles. The zero-order chi connectivity index (χ0) is 27.6. The Labute approximate surface area is 234 Å². The molecular formula is C28H29Cl2N5O4.